The largest absolute Gasteiger partial charge is 0.507 e. The van der Waals surface area contributed by atoms with E-state index in [1.807, 2.05) is 25.1 Å². The van der Waals surface area contributed by atoms with Crippen molar-refractivity contribution in [3.8, 4) is 5.75 Å². The molecular weight excluding hydrogens is 214 g/mol. The van der Waals surface area contributed by atoms with Crippen molar-refractivity contribution in [3.05, 3.63) is 29.3 Å². The summed E-state index contributed by atoms with van der Waals surface area (Å²) in [6.07, 6.45) is 2.04. The quantitative estimate of drug-likeness (QED) is 0.866. The maximum atomic E-state index is 9.90. The average molecular weight is 235 g/mol. The monoisotopic (exact) mass is 235 g/mol. The zero-order valence-corrected chi connectivity index (χ0v) is 10.5. The highest BCUT2D eigenvalue weighted by Crippen LogP contribution is 2.22. The molecule has 1 N–H and O–H groups in total. The summed E-state index contributed by atoms with van der Waals surface area (Å²) in [7, 11) is 0. The Hall–Kier alpha value is -1.06. The van der Waals surface area contributed by atoms with Crippen molar-refractivity contribution in [2.45, 2.75) is 19.8 Å². The molecule has 1 aliphatic heterocycles. The molecule has 0 spiro atoms. The van der Waals surface area contributed by atoms with Crippen LogP contribution < -0.4 is 0 Å². The summed E-state index contributed by atoms with van der Waals surface area (Å²) in [6.45, 7) is 6.84. The fourth-order valence-electron chi connectivity index (χ4n) is 2.24. The van der Waals surface area contributed by atoms with Gasteiger partial charge >= 0.3 is 0 Å². The van der Waals surface area contributed by atoms with E-state index in [1.54, 1.807) is 0 Å². The first-order valence-electron chi connectivity index (χ1n) is 6.35. The van der Waals surface area contributed by atoms with Crippen LogP contribution in [0.5, 0.6) is 5.75 Å². The normalized spacial score (nSPS) is 17.2. The smallest absolute Gasteiger partial charge is 0.121 e. The van der Waals surface area contributed by atoms with E-state index >= 15 is 0 Å². The topological polar surface area (TPSA) is 32.7 Å². The number of rotatable bonds is 4. The van der Waals surface area contributed by atoms with Crippen LogP contribution in [-0.4, -0.2) is 42.9 Å². The summed E-state index contributed by atoms with van der Waals surface area (Å²) in [4.78, 5) is 2.43. The minimum Gasteiger partial charge on any atom is -0.507 e. The number of benzene rings is 1. The fraction of sp³-hybridized carbons (Fsp3) is 0.571. The molecule has 3 heteroatoms. The number of phenolic OH excluding ortho intramolecular Hbond substituents is 1. The average Bonchev–Trinajstić information content (AvgIpc) is 2.36. The van der Waals surface area contributed by atoms with Crippen molar-refractivity contribution in [1.82, 2.24) is 4.90 Å². The third-order valence-corrected chi connectivity index (χ3v) is 3.35. The molecule has 1 aliphatic rings. The third kappa shape index (κ3) is 3.45. The molecule has 1 heterocycles. The molecule has 1 aromatic rings. The van der Waals surface area contributed by atoms with Gasteiger partial charge in [0.05, 0.1) is 13.2 Å². The van der Waals surface area contributed by atoms with Crippen molar-refractivity contribution in [3.63, 3.8) is 0 Å². The van der Waals surface area contributed by atoms with E-state index in [-0.39, 0.29) is 0 Å². The number of ether oxygens (including phenoxy) is 1. The van der Waals surface area contributed by atoms with Gasteiger partial charge in [0.1, 0.15) is 5.75 Å². The number of para-hydroxylation sites is 1. The fourth-order valence-corrected chi connectivity index (χ4v) is 2.24. The SMILES string of the molecule is Cc1cccc(CCCN2CCOCC2)c1O. The highest BCUT2D eigenvalue weighted by Gasteiger charge is 2.10. The lowest BCUT2D eigenvalue weighted by atomic mass is 10.1. The van der Waals surface area contributed by atoms with E-state index in [0.717, 1.165) is 56.8 Å². The minimum atomic E-state index is 0.467. The summed E-state index contributed by atoms with van der Waals surface area (Å²) in [5.74, 6) is 0.467. The van der Waals surface area contributed by atoms with Crippen molar-refractivity contribution < 1.29 is 9.84 Å². The van der Waals surface area contributed by atoms with Crippen LogP contribution in [0.2, 0.25) is 0 Å². The Morgan fingerprint density at radius 2 is 2.06 bits per heavy atom. The first-order valence-corrected chi connectivity index (χ1v) is 6.35. The Morgan fingerprint density at radius 3 is 2.82 bits per heavy atom. The molecule has 0 unspecified atom stereocenters. The van der Waals surface area contributed by atoms with Gasteiger partial charge < -0.3 is 9.84 Å². The third-order valence-electron chi connectivity index (χ3n) is 3.35. The Bertz CT molecular complexity index is 359. The number of phenols is 1. The van der Waals surface area contributed by atoms with Gasteiger partial charge in [-0.3, -0.25) is 4.90 Å². The maximum absolute atomic E-state index is 9.90. The molecule has 1 fully saturated rings. The van der Waals surface area contributed by atoms with Crippen LogP contribution in [0.25, 0.3) is 0 Å². The predicted octanol–water partition coefficient (Wildman–Crippen LogP) is 1.97. The molecule has 1 saturated heterocycles. The van der Waals surface area contributed by atoms with Crippen LogP contribution in [0.4, 0.5) is 0 Å². The van der Waals surface area contributed by atoms with E-state index in [2.05, 4.69) is 4.90 Å². The van der Waals surface area contributed by atoms with Gasteiger partial charge in [-0.1, -0.05) is 18.2 Å². The Balaban J connectivity index is 1.79. The molecule has 2 rings (SSSR count). The molecule has 0 amide bonds. The molecular formula is C14H21NO2. The second-order valence-electron chi connectivity index (χ2n) is 4.64. The standard InChI is InChI=1S/C14H21NO2/c1-12-4-2-5-13(14(12)16)6-3-7-15-8-10-17-11-9-15/h2,4-5,16H,3,6-11H2,1H3. The van der Waals surface area contributed by atoms with E-state index in [9.17, 15) is 5.11 Å². The van der Waals surface area contributed by atoms with Gasteiger partial charge in [0, 0.05) is 13.1 Å². The number of hydrogen-bond donors (Lipinski definition) is 1. The molecule has 0 aromatic heterocycles. The predicted molar refractivity (Wildman–Crippen MR) is 68.4 cm³/mol. The minimum absolute atomic E-state index is 0.467. The van der Waals surface area contributed by atoms with Crippen LogP contribution >= 0.6 is 0 Å². The first kappa shape index (κ1) is 12.4. The van der Waals surface area contributed by atoms with Gasteiger partial charge in [-0.05, 0) is 37.4 Å². The van der Waals surface area contributed by atoms with E-state index in [4.69, 9.17) is 4.74 Å². The van der Waals surface area contributed by atoms with Crippen molar-refractivity contribution in [1.29, 1.82) is 0 Å². The van der Waals surface area contributed by atoms with Gasteiger partial charge in [0.2, 0.25) is 0 Å². The number of hydrogen-bond acceptors (Lipinski definition) is 3. The summed E-state index contributed by atoms with van der Waals surface area (Å²) >= 11 is 0. The highest BCUT2D eigenvalue weighted by molar-refractivity contribution is 5.39. The Morgan fingerprint density at radius 1 is 1.29 bits per heavy atom. The lowest BCUT2D eigenvalue weighted by molar-refractivity contribution is 0.0374. The van der Waals surface area contributed by atoms with Crippen molar-refractivity contribution in [2.75, 3.05) is 32.8 Å². The highest BCUT2D eigenvalue weighted by atomic mass is 16.5. The van der Waals surface area contributed by atoms with Gasteiger partial charge in [-0.2, -0.15) is 0 Å². The van der Waals surface area contributed by atoms with Gasteiger partial charge in [-0.15, -0.1) is 0 Å². The molecule has 3 nitrogen and oxygen atoms in total. The zero-order chi connectivity index (χ0) is 12.1. The second-order valence-corrected chi connectivity index (χ2v) is 4.64. The van der Waals surface area contributed by atoms with E-state index in [0.29, 0.717) is 5.75 Å². The molecule has 0 aliphatic carbocycles. The summed E-state index contributed by atoms with van der Waals surface area (Å²) in [5.41, 5.74) is 2.03. The molecule has 0 atom stereocenters. The first-order chi connectivity index (χ1) is 8.27. The second kappa shape index (κ2) is 6.03. The summed E-state index contributed by atoms with van der Waals surface area (Å²) in [5, 5.41) is 9.90. The Labute approximate surface area is 103 Å². The van der Waals surface area contributed by atoms with Crippen LogP contribution in [0.3, 0.4) is 0 Å². The van der Waals surface area contributed by atoms with E-state index < -0.39 is 0 Å². The zero-order valence-electron chi connectivity index (χ0n) is 10.5. The van der Waals surface area contributed by atoms with Crippen LogP contribution in [0.1, 0.15) is 17.5 Å². The summed E-state index contributed by atoms with van der Waals surface area (Å²) < 4.78 is 5.32. The van der Waals surface area contributed by atoms with E-state index in [1.165, 1.54) is 0 Å². The van der Waals surface area contributed by atoms with Gasteiger partial charge in [-0.25, -0.2) is 0 Å². The molecule has 17 heavy (non-hydrogen) atoms. The number of aromatic hydroxyl groups is 1. The lowest BCUT2D eigenvalue weighted by Crippen LogP contribution is -2.36. The molecule has 0 saturated carbocycles. The molecule has 1 aromatic carbocycles. The molecule has 0 bridgehead atoms. The van der Waals surface area contributed by atoms with Crippen LogP contribution in [0.15, 0.2) is 18.2 Å². The Kier molecular flexibility index (Phi) is 4.40. The molecule has 94 valence electrons. The number of morpholine rings is 1. The maximum Gasteiger partial charge on any atom is 0.121 e. The molecule has 0 radical (unpaired) electrons. The number of nitrogens with zero attached hydrogens (tertiary/aromatic N) is 1. The summed E-state index contributed by atoms with van der Waals surface area (Å²) in [6, 6.07) is 5.97. The van der Waals surface area contributed by atoms with Crippen molar-refractivity contribution in [2.24, 2.45) is 0 Å². The van der Waals surface area contributed by atoms with Crippen LogP contribution in [-0.2, 0) is 11.2 Å². The lowest BCUT2D eigenvalue weighted by Gasteiger charge is -2.26. The van der Waals surface area contributed by atoms with Crippen LogP contribution in [0, 0.1) is 6.92 Å². The van der Waals surface area contributed by atoms with Gasteiger partial charge in [0.15, 0.2) is 0 Å². The van der Waals surface area contributed by atoms with Crippen molar-refractivity contribution >= 4 is 0 Å². The number of aryl methyl sites for hydroxylation is 2. The van der Waals surface area contributed by atoms with Gasteiger partial charge in [0.25, 0.3) is 0 Å².